The van der Waals surface area contributed by atoms with E-state index in [1.54, 1.807) is 29.5 Å². The fourth-order valence-electron chi connectivity index (χ4n) is 1.80. The van der Waals surface area contributed by atoms with Crippen LogP contribution in [0.1, 0.15) is 10.4 Å². The standard InChI is InChI=1S/C14H11N3OS/c15-13(18)9-4-3-5-10(8-9)16-14-17-11-6-1-2-7-12(11)19-14/h1-8H,(H2,15,18)(H,16,17). The summed E-state index contributed by atoms with van der Waals surface area (Å²) in [6.45, 7) is 0. The second-order valence-corrected chi connectivity index (χ2v) is 5.09. The van der Waals surface area contributed by atoms with E-state index < -0.39 is 5.91 Å². The van der Waals surface area contributed by atoms with Crippen LogP contribution < -0.4 is 11.1 Å². The summed E-state index contributed by atoms with van der Waals surface area (Å²) in [5, 5.41) is 3.98. The number of thiazole rings is 1. The van der Waals surface area contributed by atoms with E-state index in [-0.39, 0.29) is 0 Å². The number of fused-ring (bicyclic) bond motifs is 1. The average molecular weight is 269 g/mol. The summed E-state index contributed by atoms with van der Waals surface area (Å²) in [4.78, 5) is 15.6. The van der Waals surface area contributed by atoms with E-state index in [1.165, 1.54) is 0 Å². The SMILES string of the molecule is NC(=O)c1cccc(Nc2nc3ccccc3s2)c1. The van der Waals surface area contributed by atoms with Gasteiger partial charge in [0.2, 0.25) is 5.91 Å². The molecule has 1 amide bonds. The molecular weight excluding hydrogens is 258 g/mol. The van der Waals surface area contributed by atoms with E-state index in [1.807, 2.05) is 30.3 Å². The molecule has 0 atom stereocenters. The number of rotatable bonds is 3. The third kappa shape index (κ3) is 2.41. The van der Waals surface area contributed by atoms with E-state index in [2.05, 4.69) is 10.3 Å². The molecule has 0 aliphatic rings. The topological polar surface area (TPSA) is 68.0 Å². The number of hydrogen-bond donors (Lipinski definition) is 2. The molecule has 1 heterocycles. The number of aromatic nitrogens is 1. The Morgan fingerprint density at radius 1 is 1.16 bits per heavy atom. The molecule has 0 aliphatic carbocycles. The number of nitrogens with two attached hydrogens (primary N) is 1. The molecule has 3 aromatic rings. The molecule has 5 heteroatoms. The maximum atomic E-state index is 11.1. The summed E-state index contributed by atoms with van der Waals surface area (Å²) < 4.78 is 1.12. The monoisotopic (exact) mass is 269 g/mol. The van der Waals surface area contributed by atoms with Crippen molar-refractivity contribution in [3.63, 3.8) is 0 Å². The van der Waals surface area contributed by atoms with Crippen molar-refractivity contribution >= 4 is 38.3 Å². The Kier molecular flexibility index (Phi) is 2.89. The molecule has 0 unspecified atom stereocenters. The lowest BCUT2D eigenvalue weighted by Crippen LogP contribution is -2.10. The van der Waals surface area contributed by atoms with E-state index in [4.69, 9.17) is 5.73 Å². The van der Waals surface area contributed by atoms with Crippen LogP contribution in [0, 0.1) is 0 Å². The molecule has 0 saturated heterocycles. The lowest BCUT2D eigenvalue weighted by molar-refractivity contribution is 0.100. The first-order valence-electron chi connectivity index (χ1n) is 5.75. The van der Waals surface area contributed by atoms with Crippen LogP contribution in [0.4, 0.5) is 10.8 Å². The highest BCUT2D eigenvalue weighted by atomic mass is 32.1. The first-order chi connectivity index (χ1) is 9.22. The zero-order valence-corrected chi connectivity index (χ0v) is 10.8. The number of carbonyl (C=O) groups is 1. The van der Waals surface area contributed by atoms with Crippen molar-refractivity contribution in [3.05, 3.63) is 54.1 Å². The molecule has 0 spiro atoms. The van der Waals surface area contributed by atoms with Crippen molar-refractivity contribution < 1.29 is 4.79 Å². The number of nitrogens with zero attached hydrogens (tertiary/aromatic N) is 1. The number of anilines is 2. The van der Waals surface area contributed by atoms with Gasteiger partial charge in [-0.05, 0) is 30.3 Å². The number of para-hydroxylation sites is 1. The quantitative estimate of drug-likeness (QED) is 0.767. The van der Waals surface area contributed by atoms with Crippen LogP contribution in [0.15, 0.2) is 48.5 Å². The lowest BCUT2D eigenvalue weighted by Gasteiger charge is -2.03. The number of nitrogens with one attached hydrogen (secondary N) is 1. The zero-order chi connectivity index (χ0) is 13.2. The van der Waals surface area contributed by atoms with Crippen molar-refractivity contribution in [2.75, 3.05) is 5.32 Å². The molecule has 3 rings (SSSR count). The molecular formula is C14H11N3OS. The van der Waals surface area contributed by atoms with Gasteiger partial charge in [-0.15, -0.1) is 0 Å². The first kappa shape index (κ1) is 11.7. The summed E-state index contributed by atoms with van der Waals surface area (Å²) >= 11 is 1.57. The van der Waals surface area contributed by atoms with Crippen LogP contribution in [0.3, 0.4) is 0 Å². The van der Waals surface area contributed by atoms with Gasteiger partial charge in [0, 0.05) is 11.3 Å². The van der Waals surface area contributed by atoms with Crippen LogP contribution in [0.5, 0.6) is 0 Å². The summed E-state index contributed by atoms with van der Waals surface area (Å²) in [6.07, 6.45) is 0. The van der Waals surface area contributed by atoms with Crippen LogP contribution in [0.2, 0.25) is 0 Å². The van der Waals surface area contributed by atoms with Gasteiger partial charge in [0.1, 0.15) is 0 Å². The predicted molar refractivity (Wildman–Crippen MR) is 77.9 cm³/mol. The minimum atomic E-state index is -0.437. The van der Waals surface area contributed by atoms with Crippen molar-refractivity contribution in [3.8, 4) is 0 Å². The molecule has 0 bridgehead atoms. The van der Waals surface area contributed by atoms with Gasteiger partial charge in [0.05, 0.1) is 10.2 Å². The van der Waals surface area contributed by atoms with Gasteiger partial charge in [0.25, 0.3) is 0 Å². The van der Waals surface area contributed by atoms with Gasteiger partial charge in [-0.1, -0.05) is 29.5 Å². The zero-order valence-electron chi connectivity index (χ0n) is 9.96. The Morgan fingerprint density at radius 3 is 2.79 bits per heavy atom. The molecule has 1 aromatic heterocycles. The van der Waals surface area contributed by atoms with Gasteiger partial charge in [-0.2, -0.15) is 0 Å². The van der Waals surface area contributed by atoms with E-state index in [0.29, 0.717) is 5.56 Å². The number of hydrogen-bond acceptors (Lipinski definition) is 4. The van der Waals surface area contributed by atoms with Crippen LogP contribution in [-0.4, -0.2) is 10.9 Å². The van der Waals surface area contributed by atoms with Crippen LogP contribution >= 0.6 is 11.3 Å². The first-order valence-corrected chi connectivity index (χ1v) is 6.56. The summed E-state index contributed by atoms with van der Waals surface area (Å²) in [7, 11) is 0. The minimum absolute atomic E-state index is 0.437. The number of benzene rings is 2. The number of carbonyl (C=O) groups excluding carboxylic acids is 1. The van der Waals surface area contributed by atoms with E-state index in [0.717, 1.165) is 21.0 Å². The Balaban J connectivity index is 1.92. The Bertz CT molecular complexity index is 718. The van der Waals surface area contributed by atoms with Crippen molar-refractivity contribution in [2.24, 2.45) is 5.73 Å². The van der Waals surface area contributed by atoms with Crippen LogP contribution in [0.25, 0.3) is 10.2 Å². The predicted octanol–water partition coefficient (Wildman–Crippen LogP) is 3.14. The average Bonchev–Trinajstić information content (AvgIpc) is 2.81. The third-order valence-corrected chi connectivity index (χ3v) is 3.64. The Labute approximate surface area is 113 Å². The van der Waals surface area contributed by atoms with Crippen LogP contribution in [-0.2, 0) is 0 Å². The second kappa shape index (κ2) is 4.70. The summed E-state index contributed by atoms with van der Waals surface area (Å²) in [5.41, 5.74) is 7.50. The number of primary amides is 1. The van der Waals surface area contributed by atoms with Gasteiger partial charge >= 0.3 is 0 Å². The Hall–Kier alpha value is -2.40. The molecule has 4 nitrogen and oxygen atoms in total. The van der Waals surface area contributed by atoms with Gasteiger partial charge < -0.3 is 11.1 Å². The second-order valence-electron chi connectivity index (χ2n) is 4.06. The third-order valence-electron chi connectivity index (χ3n) is 2.69. The van der Waals surface area contributed by atoms with E-state index >= 15 is 0 Å². The normalized spacial score (nSPS) is 10.5. The number of amides is 1. The smallest absolute Gasteiger partial charge is 0.248 e. The maximum Gasteiger partial charge on any atom is 0.248 e. The molecule has 0 saturated carbocycles. The highest BCUT2D eigenvalue weighted by Crippen LogP contribution is 2.28. The van der Waals surface area contributed by atoms with Gasteiger partial charge in [0.15, 0.2) is 5.13 Å². The molecule has 2 aromatic carbocycles. The molecule has 94 valence electrons. The molecule has 19 heavy (non-hydrogen) atoms. The van der Waals surface area contributed by atoms with Gasteiger partial charge in [-0.25, -0.2) is 4.98 Å². The summed E-state index contributed by atoms with van der Waals surface area (Å²) in [5.74, 6) is -0.437. The van der Waals surface area contributed by atoms with E-state index in [9.17, 15) is 4.79 Å². The molecule has 0 fully saturated rings. The highest BCUT2D eigenvalue weighted by Gasteiger charge is 2.05. The van der Waals surface area contributed by atoms with Crippen molar-refractivity contribution in [1.29, 1.82) is 0 Å². The van der Waals surface area contributed by atoms with Crippen molar-refractivity contribution in [2.45, 2.75) is 0 Å². The fraction of sp³-hybridized carbons (Fsp3) is 0. The highest BCUT2D eigenvalue weighted by molar-refractivity contribution is 7.22. The Morgan fingerprint density at radius 2 is 2.00 bits per heavy atom. The molecule has 0 aliphatic heterocycles. The lowest BCUT2D eigenvalue weighted by atomic mass is 10.2. The van der Waals surface area contributed by atoms with Crippen molar-refractivity contribution in [1.82, 2.24) is 4.98 Å². The maximum absolute atomic E-state index is 11.1. The fourth-order valence-corrected chi connectivity index (χ4v) is 2.69. The van der Waals surface area contributed by atoms with Gasteiger partial charge in [-0.3, -0.25) is 4.79 Å². The molecule has 3 N–H and O–H groups in total. The summed E-state index contributed by atoms with van der Waals surface area (Å²) in [6, 6.07) is 15.0. The minimum Gasteiger partial charge on any atom is -0.366 e. The largest absolute Gasteiger partial charge is 0.366 e. The molecule has 0 radical (unpaired) electrons.